The minimum absolute atomic E-state index is 0. The zero-order valence-corrected chi connectivity index (χ0v) is 17.0. The molecule has 152 valence electrons. The summed E-state index contributed by atoms with van der Waals surface area (Å²) in [6.45, 7) is 0.408. The van der Waals surface area contributed by atoms with Gasteiger partial charge in [0.1, 0.15) is 6.04 Å². The molecule has 1 fully saturated rings. The van der Waals surface area contributed by atoms with Crippen molar-refractivity contribution in [3.63, 3.8) is 0 Å². The zero-order chi connectivity index (χ0) is 18.4. The first-order chi connectivity index (χ1) is 12.7. The fraction of sp³-hybridized carbons (Fsp3) is 0.350. The number of benzene rings is 1. The molecular formula is C20H26Cl2N4O2. The Morgan fingerprint density at radius 3 is 2.36 bits per heavy atom. The summed E-state index contributed by atoms with van der Waals surface area (Å²) >= 11 is 0. The van der Waals surface area contributed by atoms with E-state index in [-0.39, 0.29) is 42.7 Å². The van der Waals surface area contributed by atoms with Crippen molar-refractivity contribution < 1.29 is 9.59 Å². The second kappa shape index (κ2) is 11.6. The molecule has 2 unspecified atom stereocenters. The highest BCUT2D eigenvalue weighted by atomic mass is 35.5. The van der Waals surface area contributed by atoms with Gasteiger partial charge < -0.3 is 16.4 Å². The van der Waals surface area contributed by atoms with Crippen LogP contribution in [-0.2, 0) is 11.2 Å². The first-order valence-corrected chi connectivity index (χ1v) is 8.92. The number of amides is 2. The quantitative estimate of drug-likeness (QED) is 0.604. The summed E-state index contributed by atoms with van der Waals surface area (Å²) in [5, 5.41) is 5.85. The highest BCUT2D eigenvalue weighted by Crippen LogP contribution is 2.32. The van der Waals surface area contributed by atoms with Crippen LogP contribution in [0, 0.1) is 5.92 Å². The second-order valence-corrected chi connectivity index (χ2v) is 6.65. The summed E-state index contributed by atoms with van der Waals surface area (Å²) in [5.74, 6) is -0.0614. The van der Waals surface area contributed by atoms with E-state index in [0.717, 1.165) is 18.4 Å². The van der Waals surface area contributed by atoms with Gasteiger partial charge in [-0.1, -0.05) is 30.3 Å². The summed E-state index contributed by atoms with van der Waals surface area (Å²) in [5.41, 5.74) is 7.20. The number of rotatable bonds is 8. The van der Waals surface area contributed by atoms with E-state index in [9.17, 15) is 9.59 Å². The Kier molecular flexibility index (Phi) is 9.93. The Morgan fingerprint density at radius 2 is 1.79 bits per heavy atom. The van der Waals surface area contributed by atoms with Gasteiger partial charge in [0.25, 0.3) is 5.91 Å². The maximum Gasteiger partial charge on any atom is 0.253 e. The number of aromatic nitrogens is 1. The molecule has 8 heteroatoms. The minimum atomic E-state index is -0.669. The van der Waals surface area contributed by atoms with Crippen molar-refractivity contribution >= 4 is 36.6 Å². The van der Waals surface area contributed by atoms with Crippen LogP contribution in [0.4, 0.5) is 0 Å². The average molecular weight is 425 g/mol. The topological polar surface area (TPSA) is 97.1 Å². The van der Waals surface area contributed by atoms with E-state index in [2.05, 4.69) is 15.6 Å². The van der Waals surface area contributed by atoms with Crippen LogP contribution in [-0.4, -0.2) is 35.4 Å². The molecule has 0 radical (unpaired) electrons. The molecule has 2 amide bonds. The van der Waals surface area contributed by atoms with E-state index in [1.165, 1.54) is 6.20 Å². The standard InChI is InChI=1S/C20H24N4O2.2ClH/c21-12-18(15-8-9-15)24-20(26)17(11-14-5-2-1-3-6-14)23-19(25)16-7-4-10-22-13-16;;/h1-7,10,13,15,17-18H,8-9,11-12,21H2,(H,23,25)(H,24,26);2*1H. The van der Waals surface area contributed by atoms with E-state index in [4.69, 9.17) is 5.73 Å². The second-order valence-electron chi connectivity index (χ2n) is 6.65. The van der Waals surface area contributed by atoms with E-state index < -0.39 is 6.04 Å². The van der Waals surface area contributed by atoms with E-state index in [0.29, 0.717) is 24.4 Å². The lowest BCUT2D eigenvalue weighted by molar-refractivity contribution is -0.123. The van der Waals surface area contributed by atoms with Crippen LogP contribution in [0.25, 0.3) is 0 Å². The van der Waals surface area contributed by atoms with E-state index in [1.807, 2.05) is 30.3 Å². The number of hydrogen-bond acceptors (Lipinski definition) is 4. The number of nitrogens with one attached hydrogen (secondary N) is 2. The molecule has 1 aliphatic carbocycles. The largest absolute Gasteiger partial charge is 0.350 e. The Hall–Kier alpha value is -2.15. The summed E-state index contributed by atoms with van der Waals surface area (Å²) in [7, 11) is 0. The van der Waals surface area contributed by atoms with Crippen molar-refractivity contribution in [2.45, 2.75) is 31.3 Å². The number of carbonyl (C=O) groups is 2. The molecule has 1 aliphatic rings. The van der Waals surface area contributed by atoms with Gasteiger partial charge in [-0.2, -0.15) is 0 Å². The zero-order valence-electron chi connectivity index (χ0n) is 15.4. The smallest absolute Gasteiger partial charge is 0.253 e. The van der Waals surface area contributed by atoms with Crippen LogP contribution in [0.2, 0.25) is 0 Å². The van der Waals surface area contributed by atoms with Crippen LogP contribution in [0.15, 0.2) is 54.9 Å². The maximum absolute atomic E-state index is 12.8. The van der Waals surface area contributed by atoms with Gasteiger partial charge in [-0.25, -0.2) is 0 Å². The fourth-order valence-electron chi connectivity index (χ4n) is 2.95. The van der Waals surface area contributed by atoms with Crippen LogP contribution < -0.4 is 16.4 Å². The van der Waals surface area contributed by atoms with Crippen molar-refractivity contribution in [3.8, 4) is 0 Å². The molecule has 1 aromatic carbocycles. The van der Waals surface area contributed by atoms with Gasteiger partial charge in [-0.3, -0.25) is 14.6 Å². The predicted octanol–water partition coefficient (Wildman–Crippen LogP) is 2.12. The van der Waals surface area contributed by atoms with Crippen molar-refractivity contribution in [2.75, 3.05) is 6.54 Å². The lowest BCUT2D eigenvalue weighted by atomic mass is 10.0. The van der Waals surface area contributed by atoms with Gasteiger partial charge in [-0.15, -0.1) is 24.8 Å². The highest BCUT2D eigenvalue weighted by Gasteiger charge is 2.33. The third kappa shape index (κ3) is 6.78. The third-order valence-corrected chi connectivity index (χ3v) is 4.60. The number of halogens is 2. The molecular weight excluding hydrogens is 399 g/mol. The molecule has 3 rings (SSSR count). The molecule has 0 aliphatic heterocycles. The molecule has 28 heavy (non-hydrogen) atoms. The van der Waals surface area contributed by atoms with Crippen LogP contribution in [0.3, 0.4) is 0 Å². The number of nitrogens with zero attached hydrogens (tertiary/aromatic N) is 1. The highest BCUT2D eigenvalue weighted by molar-refractivity contribution is 5.97. The third-order valence-electron chi connectivity index (χ3n) is 4.60. The SMILES string of the molecule is Cl.Cl.NCC(NC(=O)C(Cc1ccccc1)NC(=O)c1cccnc1)C1CC1. The van der Waals surface area contributed by atoms with Crippen LogP contribution in [0.1, 0.15) is 28.8 Å². The Labute approximate surface area is 177 Å². The molecule has 0 bridgehead atoms. The lowest BCUT2D eigenvalue weighted by Gasteiger charge is -2.23. The monoisotopic (exact) mass is 424 g/mol. The molecule has 1 heterocycles. The van der Waals surface area contributed by atoms with Crippen LogP contribution in [0.5, 0.6) is 0 Å². The first kappa shape index (κ1) is 23.9. The normalized spacial score (nSPS) is 14.6. The molecule has 2 aromatic rings. The number of pyridine rings is 1. The molecule has 1 aromatic heterocycles. The molecule has 0 saturated heterocycles. The molecule has 1 saturated carbocycles. The summed E-state index contributed by atoms with van der Waals surface area (Å²) in [4.78, 5) is 29.3. The molecule has 4 N–H and O–H groups in total. The molecule has 0 spiro atoms. The Balaban J connectivity index is 0.00000196. The van der Waals surface area contributed by atoms with Crippen LogP contribution >= 0.6 is 24.8 Å². The summed E-state index contributed by atoms with van der Waals surface area (Å²) < 4.78 is 0. The van der Waals surface area contributed by atoms with Crippen molar-refractivity contribution in [1.29, 1.82) is 0 Å². The molecule has 6 nitrogen and oxygen atoms in total. The Morgan fingerprint density at radius 1 is 1.07 bits per heavy atom. The predicted molar refractivity (Wildman–Crippen MR) is 114 cm³/mol. The van der Waals surface area contributed by atoms with Gasteiger partial charge in [0.2, 0.25) is 5.91 Å². The number of carbonyl (C=O) groups excluding carboxylic acids is 2. The summed E-state index contributed by atoms with van der Waals surface area (Å²) in [6.07, 6.45) is 5.69. The summed E-state index contributed by atoms with van der Waals surface area (Å²) in [6, 6.07) is 12.3. The van der Waals surface area contributed by atoms with Gasteiger partial charge in [0, 0.05) is 31.4 Å². The van der Waals surface area contributed by atoms with Gasteiger partial charge in [-0.05, 0) is 36.5 Å². The maximum atomic E-state index is 12.8. The average Bonchev–Trinajstić information content (AvgIpc) is 3.52. The van der Waals surface area contributed by atoms with Crippen molar-refractivity contribution in [3.05, 3.63) is 66.0 Å². The first-order valence-electron chi connectivity index (χ1n) is 8.92. The number of hydrogen-bond donors (Lipinski definition) is 3. The fourth-order valence-corrected chi connectivity index (χ4v) is 2.95. The van der Waals surface area contributed by atoms with Crippen molar-refractivity contribution in [2.24, 2.45) is 11.7 Å². The van der Waals surface area contributed by atoms with Gasteiger partial charge in [0.05, 0.1) is 5.56 Å². The Bertz CT molecular complexity index is 742. The van der Waals surface area contributed by atoms with Gasteiger partial charge in [0.15, 0.2) is 0 Å². The van der Waals surface area contributed by atoms with Crippen molar-refractivity contribution in [1.82, 2.24) is 15.6 Å². The minimum Gasteiger partial charge on any atom is -0.350 e. The lowest BCUT2D eigenvalue weighted by Crippen LogP contribution is -2.52. The van der Waals surface area contributed by atoms with Gasteiger partial charge >= 0.3 is 0 Å². The number of nitrogens with two attached hydrogens (primary N) is 1. The van der Waals surface area contributed by atoms with E-state index in [1.54, 1.807) is 18.3 Å². The molecule has 2 atom stereocenters. The van der Waals surface area contributed by atoms with E-state index >= 15 is 0 Å².